The minimum absolute atomic E-state index is 0. The van der Waals surface area contributed by atoms with Crippen LogP contribution in [0.1, 0.15) is 40.4 Å². The minimum Gasteiger partial charge on any atom is -0.493 e. The van der Waals surface area contributed by atoms with Crippen molar-refractivity contribution in [3.05, 3.63) is 64.7 Å². The Balaban J connectivity index is 0.00000480. The molecule has 0 aliphatic carbocycles. The Morgan fingerprint density at radius 3 is 2.48 bits per heavy atom. The smallest absolute Gasteiger partial charge is 0.248 e. The number of primary amides is 1. The van der Waals surface area contributed by atoms with E-state index in [1.54, 1.807) is 19.2 Å². The van der Waals surface area contributed by atoms with Crippen molar-refractivity contribution >= 4 is 35.8 Å². The number of carbonyl (C=O) groups is 1. The monoisotopic (exact) mass is 540 g/mol. The lowest BCUT2D eigenvalue weighted by atomic mass is 10.1. The number of hydrogen-bond donors (Lipinski definition) is 3. The molecule has 31 heavy (non-hydrogen) atoms. The molecular weight excluding hydrogens is 507 g/mol. The van der Waals surface area contributed by atoms with Gasteiger partial charge >= 0.3 is 0 Å². The topological polar surface area (TPSA) is 98.0 Å². The zero-order valence-electron chi connectivity index (χ0n) is 18.4. The number of amides is 1. The number of aliphatic imine (C=N–C) groups is 1. The van der Waals surface area contributed by atoms with E-state index in [2.05, 4.69) is 27.8 Å². The van der Waals surface area contributed by atoms with Crippen molar-refractivity contribution in [3.63, 3.8) is 0 Å². The molecule has 0 aromatic heterocycles. The van der Waals surface area contributed by atoms with Gasteiger partial charge in [0.05, 0.1) is 13.2 Å². The van der Waals surface area contributed by atoms with E-state index in [1.807, 2.05) is 32.0 Å². The van der Waals surface area contributed by atoms with Gasteiger partial charge in [-0.05, 0) is 43.2 Å². The molecule has 0 aliphatic rings. The fraction of sp³-hybridized carbons (Fsp3) is 0.391. The average molecular weight is 540 g/mol. The number of nitrogens with two attached hydrogens (primary N) is 1. The molecule has 8 heteroatoms. The van der Waals surface area contributed by atoms with Gasteiger partial charge in [0.1, 0.15) is 5.75 Å². The molecule has 0 radical (unpaired) electrons. The van der Waals surface area contributed by atoms with E-state index in [9.17, 15) is 4.79 Å². The van der Waals surface area contributed by atoms with Gasteiger partial charge in [-0.3, -0.25) is 4.79 Å². The third-order valence-corrected chi connectivity index (χ3v) is 4.42. The number of rotatable bonds is 11. The van der Waals surface area contributed by atoms with Gasteiger partial charge in [-0.15, -0.1) is 24.0 Å². The van der Waals surface area contributed by atoms with Crippen molar-refractivity contribution in [1.82, 2.24) is 10.6 Å². The lowest BCUT2D eigenvalue weighted by Gasteiger charge is -2.15. The summed E-state index contributed by atoms with van der Waals surface area (Å²) in [7, 11) is 1.69. The maximum Gasteiger partial charge on any atom is 0.248 e. The first-order chi connectivity index (χ1) is 14.5. The normalized spacial score (nSPS) is 10.9. The molecule has 0 fully saturated rings. The van der Waals surface area contributed by atoms with Gasteiger partial charge in [-0.25, -0.2) is 4.99 Å². The zero-order chi connectivity index (χ0) is 21.8. The standard InChI is InChI=1S/C23H32N4O3.HI/c1-4-25-23(26-15-18-7-10-19(11-8-18)22(24)28)27-16-20-9-6-17(2)14-21(20)30-13-5-12-29-3;/h6-11,14H,4-5,12-13,15-16H2,1-3H3,(H2,24,28)(H2,25,26,27);1H. The van der Waals surface area contributed by atoms with Crippen LogP contribution in [-0.4, -0.2) is 38.7 Å². The van der Waals surface area contributed by atoms with Gasteiger partial charge in [0.15, 0.2) is 5.96 Å². The van der Waals surface area contributed by atoms with Crippen LogP contribution in [0, 0.1) is 6.92 Å². The van der Waals surface area contributed by atoms with Crippen LogP contribution in [0.2, 0.25) is 0 Å². The van der Waals surface area contributed by atoms with E-state index in [0.29, 0.717) is 37.8 Å². The molecule has 0 heterocycles. The van der Waals surface area contributed by atoms with Crippen LogP contribution >= 0.6 is 24.0 Å². The molecule has 1 amide bonds. The van der Waals surface area contributed by atoms with Crippen molar-refractivity contribution in [2.24, 2.45) is 10.7 Å². The highest BCUT2D eigenvalue weighted by molar-refractivity contribution is 14.0. The van der Waals surface area contributed by atoms with Gasteiger partial charge in [0, 0.05) is 44.4 Å². The highest BCUT2D eigenvalue weighted by Crippen LogP contribution is 2.20. The lowest BCUT2D eigenvalue weighted by molar-refractivity contribution is 0.100. The van der Waals surface area contributed by atoms with Crippen LogP contribution in [0.3, 0.4) is 0 Å². The van der Waals surface area contributed by atoms with Crippen molar-refractivity contribution in [2.75, 3.05) is 26.9 Å². The van der Waals surface area contributed by atoms with E-state index in [0.717, 1.165) is 35.4 Å². The molecule has 0 aliphatic heterocycles. The van der Waals surface area contributed by atoms with Crippen LogP contribution in [0.5, 0.6) is 5.75 Å². The van der Waals surface area contributed by atoms with Gasteiger partial charge in [-0.2, -0.15) is 0 Å². The van der Waals surface area contributed by atoms with Crippen LogP contribution in [0.4, 0.5) is 0 Å². The predicted molar refractivity (Wildman–Crippen MR) is 135 cm³/mol. The van der Waals surface area contributed by atoms with E-state index in [-0.39, 0.29) is 24.0 Å². The Bertz CT molecular complexity index is 841. The summed E-state index contributed by atoms with van der Waals surface area (Å²) in [6.45, 7) is 7.19. The van der Waals surface area contributed by atoms with E-state index >= 15 is 0 Å². The third kappa shape index (κ3) is 9.56. The first-order valence-corrected chi connectivity index (χ1v) is 10.2. The first kappa shape index (κ1) is 26.7. The number of benzene rings is 2. The molecule has 7 nitrogen and oxygen atoms in total. The summed E-state index contributed by atoms with van der Waals surface area (Å²) in [5.41, 5.74) is 8.99. The molecule has 2 aromatic rings. The molecule has 4 N–H and O–H groups in total. The molecular formula is C23H33IN4O3. The number of methoxy groups -OCH3 is 1. The Morgan fingerprint density at radius 2 is 1.84 bits per heavy atom. The van der Waals surface area contributed by atoms with Gasteiger partial charge < -0.3 is 25.8 Å². The second-order valence-corrected chi connectivity index (χ2v) is 6.92. The van der Waals surface area contributed by atoms with Crippen molar-refractivity contribution in [3.8, 4) is 5.75 Å². The number of nitrogens with zero attached hydrogens (tertiary/aromatic N) is 1. The summed E-state index contributed by atoms with van der Waals surface area (Å²) in [6.07, 6.45) is 0.843. The molecule has 0 saturated heterocycles. The molecule has 170 valence electrons. The molecule has 0 atom stereocenters. The van der Waals surface area contributed by atoms with Crippen molar-refractivity contribution in [2.45, 2.75) is 33.4 Å². The van der Waals surface area contributed by atoms with Gasteiger partial charge in [0.2, 0.25) is 5.91 Å². The highest BCUT2D eigenvalue weighted by Gasteiger charge is 2.06. The van der Waals surface area contributed by atoms with Crippen LogP contribution in [0.15, 0.2) is 47.5 Å². The summed E-state index contributed by atoms with van der Waals surface area (Å²) in [5, 5.41) is 6.61. The molecule has 0 unspecified atom stereocenters. The Labute approximate surface area is 201 Å². The van der Waals surface area contributed by atoms with E-state index < -0.39 is 5.91 Å². The average Bonchev–Trinajstić information content (AvgIpc) is 2.74. The Morgan fingerprint density at radius 1 is 1.10 bits per heavy atom. The summed E-state index contributed by atoms with van der Waals surface area (Å²) in [4.78, 5) is 15.8. The largest absolute Gasteiger partial charge is 0.493 e. The molecule has 0 saturated carbocycles. The lowest BCUT2D eigenvalue weighted by Crippen LogP contribution is -2.36. The fourth-order valence-corrected chi connectivity index (χ4v) is 2.79. The van der Waals surface area contributed by atoms with Crippen LogP contribution < -0.4 is 21.1 Å². The third-order valence-electron chi connectivity index (χ3n) is 4.42. The number of aryl methyl sites for hydroxylation is 1. The number of ether oxygens (including phenoxy) is 2. The van der Waals surface area contributed by atoms with Crippen molar-refractivity contribution < 1.29 is 14.3 Å². The van der Waals surface area contributed by atoms with Gasteiger partial charge in [-0.1, -0.05) is 24.3 Å². The minimum atomic E-state index is -0.432. The highest BCUT2D eigenvalue weighted by atomic mass is 127. The second-order valence-electron chi connectivity index (χ2n) is 6.92. The van der Waals surface area contributed by atoms with E-state index in [1.165, 1.54) is 0 Å². The summed E-state index contributed by atoms with van der Waals surface area (Å²) in [6, 6.07) is 13.3. The van der Waals surface area contributed by atoms with Crippen molar-refractivity contribution in [1.29, 1.82) is 0 Å². The second kappa shape index (κ2) is 14.6. The number of carbonyl (C=O) groups excluding carboxylic acids is 1. The number of nitrogens with one attached hydrogen (secondary N) is 2. The summed E-state index contributed by atoms with van der Waals surface area (Å²) >= 11 is 0. The number of guanidine groups is 1. The molecule has 0 spiro atoms. The molecule has 0 bridgehead atoms. The first-order valence-electron chi connectivity index (χ1n) is 10.2. The Hall–Kier alpha value is -2.33. The van der Waals surface area contributed by atoms with E-state index in [4.69, 9.17) is 15.2 Å². The summed E-state index contributed by atoms with van der Waals surface area (Å²) < 4.78 is 11.0. The van der Waals surface area contributed by atoms with Crippen LogP contribution in [-0.2, 0) is 17.8 Å². The maximum atomic E-state index is 11.2. The number of hydrogen-bond acceptors (Lipinski definition) is 4. The summed E-state index contributed by atoms with van der Waals surface area (Å²) in [5.74, 6) is 1.15. The SMILES string of the molecule is CCNC(=NCc1ccc(C(N)=O)cc1)NCc1ccc(C)cc1OCCCOC.I. The molecule has 2 rings (SSSR count). The molecule has 2 aromatic carbocycles. The predicted octanol–water partition coefficient (Wildman–Crippen LogP) is 3.38. The van der Waals surface area contributed by atoms with Crippen LogP contribution in [0.25, 0.3) is 0 Å². The van der Waals surface area contributed by atoms with Gasteiger partial charge in [0.25, 0.3) is 0 Å². The zero-order valence-corrected chi connectivity index (χ0v) is 20.8. The quantitative estimate of drug-likeness (QED) is 0.176. The number of halogens is 1. The maximum absolute atomic E-state index is 11.2. The Kier molecular flexibility index (Phi) is 12.6. The fourth-order valence-electron chi connectivity index (χ4n) is 2.79.